The lowest BCUT2D eigenvalue weighted by Crippen LogP contribution is -1.98. The summed E-state index contributed by atoms with van der Waals surface area (Å²) in [5.74, 6) is 1.68. The van der Waals surface area contributed by atoms with E-state index in [9.17, 15) is 4.79 Å². The van der Waals surface area contributed by atoms with E-state index >= 15 is 0 Å². The first-order chi connectivity index (χ1) is 11.6. The summed E-state index contributed by atoms with van der Waals surface area (Å²) in [7, 11) is 1.56. The Morgan fingerprint density at radius 3 is 2.83 bits per heavy atom. The highest BCUT2D eigenvalue weighted by molar-refractivity contribution is 6.31. The normalized spacial score (nSPS) is 12.5. The van der Waals surface area contributed by atoms with Crippen LogP contribution in [0, 0.1) is 6.92 Å². The molecule has 0 spiro atoms. The van der Waals surface area contributed by atoms with Gasteiger partial charge in [-0.1, -0.05) is 11.6 Å². The number of nitrogens with one attached hydrogen (secondary N) is 1. The second-order valence-electron chi connectivity index (χ2n) is 5.21. The Morgan fingerprint density at radius 1 is 1.25 bits per heavy atom. The Hall–Kier alpha value is -2.66. The topological polar surface area (TPSA) is 56.8 Å². The van der Waals surface area contributed by atoms with E-state index in [1.165, 1.54) is 6.08 Å². The Kier molecular flexibility index (Phi) is 4.62. The highest BCUT2D eigenvalue weighted by Crippen LogP contribution is 2.33. The highest BCUT2D eigenvalue weighted by Gasteiger charge is 2.15. The number of methoxy groups -OCH3 is 1. The third-order valence-electron chi connectivity index (χ3n) is 3.61. The van der Waals surface area contributed by atoms with Crippen molar-refractivity contribution in [1.29, 1.82) is 0 Å². The SMILES string of the molecule is COc1cc(Cl)c(C)cc1NC=CC(=O)c1ccc2c(c1)OCO2. The minimum Gasteiger partial charge on any atom is -0.495 e. The molecule has 6 heteroatoms. The molecule has 124 valence electrons. The van der Waals surface area contributed by atoms with Crippen molar-refractivity contribution < 1.29 is 19.0 Å². The molecule has 5 nitrogen and oxygen atoms in total. The first-order valence-electron chi connectivity index (χ1n) is 7.29. The van der Waals surface area contributed by atoms with Crippen LogP contribution >= 0.6 is 11.6 Å². The largest absolute Gasteiger partial charge is 0.495 e. The molecule has 0 aromatic heterocycles. The highest BCUT2D eigenvalue weighted by atomic mass is 35.5. The van der Waals surface area contributed by atoms with Gasteiger partial charge in [0.15, 0.2) is 17.3 Å². The number of hydrogen-bond donors (Lipinski definition) is 1. The Labute approximate surface area is 144 Å². The molecule has 0 fully saturated rings. The van der Waals surface area contributed by atoms with Crippen molar-refractivity contribution in [3.63, 3.8) is 0 Å². The third kappa shape index (κ3) is 3.31. The molecule has 1 N–H and O–H groups in total. The lowest BCUT2D eigenvalue weighted by molar-refractivity contribution is 0.104. The molecule has 0 aliphatic carbocycles. The van der Waals surface area contributed by atoms with E-state index in [0.717, 1.165) is 11.3 Å². The number of aryl methyl sites for hydroxylation is 1. The van der Waals surface area contributed by atoms with Gasteiger partial charge in [0.25, 0.3) is 0 Å². The summed E-state index contributed by atoms with van der Waals surface area (Å²) < 4.78 is 15.8. The van der Waals surface area contributed by atoms with Gasteiger partial charge in [-0.2, -0.15) is 0 Å². The molecule has 0 saturated heterocycles. The summed E-state index contributed by atoms with van der Waals surface area (Å²) >= 11 is 6.07. The molecule has 0 atom stereocenters. The van der Waals surface area contributed by atoms with Gasteiger partial charge in [0.05, 0.1) is 12.8 Å². The van der Waals surface area contributed by atoms with E-state index in [4.69, 9.17) is 25.8 Å². The summed E-state index contributed by atoms with van der Waals surface area (Å²) in [6.07, 6.45) is 3.01. The zero-order valence-corrected chi connectivity index (χ0v) is 14.0. The van der Waals surface area contributed by atoms with Gasteiger partial charge in [0, 0.05) is 28.9 Å². The maximum Gasteiger partial charge on any atom is 0.231 e. The van der Waals surface area contributed by atoms with Crippen molar-refractivity contribution in [2.45, 2.75) is 6.92 Å². The second-order valence-corrected chi connectivity index (χ2v) is 5.62. The van der Waals surface area contributed by atoms with Crippen LogP contribution in [0.15, 0.2) is 42.6 Å². The molecule has 0 bridgehead atoms. The Bertz CT molecular complexity index is 817. The summed E-state index contributed by atoms with van der Waals surface area (Å²) in [6, 6.07) is 8.68. The van der Waals surface area contributed by atoms with Crippen LogP contribution < -0.4 is 19.5 Å². The van der Waals surface area contributed by atoms with Gasteiger partial charge < -0.3 is 19.5 Å². The number of ketones is 1. The van der Waals surface area contributed by atoms with E-state index in [1.807, 2.05) is 13.0 Å². The first-order valence-corrected chi connectivity index (χ1v) is 7.67. The van der Waals surface area contributed by atoms with Gasteiger partial charge in [-0.25, -0.2) is 0 Å². The predicted molar refractivity (Wildman–Crippen MR) is 92.4 cm³/mol. The zero-order valence-electron chi connectivity index (χ0n) is 13.3. The Morgan fingerprint density at radius 2 is 2.04 bits per heavy atom. The fraction of sp³-hybridized carbons (Fsp3) is 0.167. The van der Waals surface area contributed by atoms with Crippen LogP contribution in [0.25, 0.3) is 0 Å². The monoisotopic (exact) mass is 345 g/mol. The number of benzene rings is 2. The number of carbonyl (C=O) groups is 1. The smallest absolute Gasteiger partial charge is 0.231 e. The molecule has 2 aromatic carbocycles. The van der Waals surface area contributed by atoms with Gasteiger partial charge in [-0.05, 0) is 36.8 Å². The van der Waals surface area contributed by atoms with Gasteiger partial charge in [0.1, 0.15) is 5.75 Å². The molecule has 2 aromatic rings. The van der Waals surface area contributed by atoms with Crippen molar-refractivity contribution in [1.82, 2.24) is 0 Å². The minimum absolute atomic E-state index is 0.148. The summed E-state index contributed by atoms with van der Waals surface area (Å²) in [4.78, 5) is 12.2. The van der Waals surface area contributed by atoms with Crippen LogP contribution in [0.5, 0.6) is 17.2 Å². The van der Waals surface area contributed by atoms with Gasteiger partial charge >= 0.3 is 0 Å². The number of rotatable bonds is 5. The maximum absolute atomic E-state index is 12.2. The number of carbonyl (C=O) groups excluding carboxylic acids is 1. The van der Waals surface area contributed by atoms with E-state index in [-0.39, 0.29) is 12.6 Å². The molecule has 1 aliphatic heterocycles. The molecular formula is C18H16ClNO4. The summed E-state index contributed by atoms with van der Waals surface area (Å²) in [5.41, 5.74) is 2.17. The van der Waals surface area contributed by atoms with Crippen molar-refractivity contribution in [2.75, 3.05) is 19.2 Å². The number of halogens is 1. The average Bonchev–Trinajstić information content (AvgIpc) is 3.05. The lowest BCUT2D eigenvalue weighted by Gasteiger charge is -2.10. The first kappa shape index (κ1) is 16.2. The van der Waals surface area contributed by atoms with Gasteiger partial charge in [-0.15, -0.1) is 0 Å². The van der Waals surface area contributed by atoms with Gasteiger partial charge in [0.2, 0.25) is 6.79 Å². The fourth-order valence-electron chi connectivity index (χ4n) is 2.30. The number of allylic oxidation sites excluding steroid dienone is 1. The van der Waals surface area contributed by atoms with E-state index < -0.39 is 0 Å². The van der Waals surface area contributed by atoms with E-state index in [2.05, 4.69) is 5.32 Å². The second kappa shape index (κ2) is 6.84. The molecular weight excluding hydrogens is 330 g/mol. The van der Waals surface area contributed by atoms with Gasteiger partial charge in [-0.3, -0.25) is 4.79 Å². The molecule has 3 rings (SSSR count). The molecule has 0 unspecified atom stereocenters. The zero-order chi connectivity index (χ0) is 17.1. The van der Waals surface area contributed by atoms with Crippen molar-refractivity contribution in [3.05, 3.63) is 58.8 Å². The van der Waals surface area contributed by atoms with Crippen LogP contribution in [0.1, 0.15) is 15.9 Å². The van der Waals surface area contributed by atoms with Crippen LogP contribution in [0.3, 0.4) is 0 Å². The minimum atomic E-state index is -0.148. The molecule has 0 radical (unpaired) electrons. The molecule has 1 heterocycles. The van der Waals surface area contributed by atoms with Crippen molar-refractivity contribution in [3.8, 4) is 17.2 Å². The summed E-state index contributed by atoms with van der Waals surface area (Å²) in [5, 5.41) is 3.67. The average molecular weight is 346 g/mol. The number of anilines is 1. The quantitative estimate of drug-likeness (QED) is 0.650. The predicted octanol–water partition coefficient (Wildman–Crippen LogP) is 4.19. The van der Waals surface area contributed by atoms with Crippen LogP contribution in [0.4, 0.5) is 5.69 Å². The molecule has 24 heavy (non-hydrogen) atoms. The van der Waals surface area contributed by atoms with Crippen LogP contribution in [-0.4, -0.2) is 19.7 Å². The van der Waals surface area contributed by atoms with E-state index in [0.29, 0.717) is 27.8 Å². The third-order valence-corrected chi connectivity index (χ3v) is 4.02. The number of hydrogen-bond acceptors (Lipinski definition) is 5. The number of ether oxygens (including phenoxy) is 3. The molecule has 0 amide bonds. The molecule has 0 saturated carbocycles. The van der Waals surface area contributed by atoms with Crippen LogP contribution in [-0.2, 0) is 0 Å². The Balaban J connectivity index is 1.72. The lowest BCUT2D eigenvalue weighted by atomic mass is 10.1. The van der Waals surface area contributed by atoms with Crippen LogP contribution in [0.2, 0.25) is 5.02 Å². The summed E-state index contributed by atoms with van der Waals surface area (Å²) in [6.45, 7) is 2.08. The molecule has 1 aliphatic rings. The maximum atomic E-state index is 12.2. The number of fused-ring (bicyclic) bond motifs is 1. The standard InChI is InChI=1S/C18H16ClNO4/c1-11-7-14(17(22-2)9-13(11)19)20-6-5-15(21)12-3-4-16-18(8-12)24-10-23-16/h3-9,20H,10H2,1-2H3. The van der Waals surface area contributed by atoms with E-state index in [1.54, 1.807) is 37.6 Å². The van der Waals surface area contributed by atoms with Crippen molar-refractivity contribution in [2.24, 2.45) is 0 Å². The fourth-order valence-corrected chi connectivity index (χ4v) is 2.45. The van der Waals surface area contributed by atoms with Crippen molar-refractivity contribution >= 4 is 23.1 Å².